The molecule has 0 atom stereocenters. The minimum Gasteiger partial charge on any atom is -0.489 e. The second-order valence-corrected chi connectivity index (χ2v) is 7.91. The second kappa shape index (κ2) is 9.90. The topological polar surface area (TPSA) is 42.0 Å². The average molecular weight is 395 g/mol. The molecule has 0 saturated carbocycles. The van der Waals surface area contributed by atoms with Crippen molar-refractivity contribution < 1.29 is 14.3 Å². The molecule has 2 aliphatic rings. The molecule has 0 N–H and O–H groups in total. The highest BCUT2D eigenvalue weighted by Crippen LogP contribution is 2.23. The lowest BCUT2D eigenvalue weighted by Crippen LogP contribution is -2.46. The lowest BCUT2D eigenvalue weighted by molar-refractivity contribution is -0.141. The van der Waals surface area contributed by atoms with Gasteiger partial charge in [0.1, 0.15) is 12.4 Å². The van der Waals surface area contributed by atoms with Crippen molar-refractivity contribution in [1.82, 2.24) is 9.80 Å². The number of rotatable bonds is 6. The minimum atomic E-state index is 0.171. The van der Waals surface area contributed by atoms with Gasteiger partial charge in [0.25, 0.3) is 0 Å². The van der Waals surface area contributed by atoms with Crippen LogP contribution in [0, 0.1) is 5.92 Å². The lowest BCUT2D eigenvalue weighted by atomic mass is 9.94. The first-order valence-corrected chi connectivity index (χ1v) is 10.6. The fourth-order valence-corrected chi connectivity index (χ4v) is 4.11. The third-order valence-electron chi connectivity index (χ3n) is 5.81. The molecule has 2 aromatic carbocycles. The molecule has 4 rings (SSSR count). The van der Waals surface area contributed by atoms with Crippen LogP contribution < -0.4 is 4.74 Å². The maximum atomic E-state index is 12.7. The number of hydrogen-bond acceptors (Lipinski definition) is 4. The normalized spacial score (nSPS) is 18.6. The highest BCUT2D eigenvalue weighted by molar-refractivity contribution is 5.79. The van der Waals surface area contributed by atoms with Gasteiger partial charge in [-0.05, 0) is 49.2 Å². The lowest BCUT2D eigenvalue weighted by Gasteiger charge is -2.35. The molecule has 0 aromatic heterocycles. The molecule has 5 nitrogen and oxygen atoms in total. The predicted molar refractivity (Wildman–Crippen MR) is 113 cm³/mol. The van der Waals surface area contributed by atoms with E-state index < -0.39 is 0 Å². The summed E-state index contributed by atoms with van der Waals surface area (Å²) >= 11 is 0. The van der Waals surface area contributed by atoms with Gasteiger partial charge in [-0.2, -0.15) is 0 Å². The summed E-state index contributed by atoms with van der Waals surface area (Å²) in [6.45, 7) is 6.26. The number of carbonyl (C=O) groups excluding carboxylic acids is 1. The molecule has 2 aliphatic heterocycles. The van der Waals surface area contributed by atoms with Gasteiger partial charge in [0.2, 0.25) is 5.91 Å². The van der Waals surface area contributed by atoms with E-state index >= 15 is 0 Å². The van der Waals surface area contributed by atoms with Crippen molar-refractivity contribution >= 4 is 5.91 Å². The number of carbonyl (C=O) groups is 1. The van der Waals surface area contributed by atoms with E-state index in [4.69, 9.17) is 9.47 Å². The molecule has 2 fully saturated rings. The van der Waals surface area contributed by atoms with Gasteiger partial charge in [-0.1, -0.05) is 42.5 Å². The van der Waals surface area contributed by atoms with Gasteiger partial charge in [-0.3, -0.25) is 9.69 Å². The number of hydrogen-bond donors (Lipinski definition) is 0. The van der Waals surface area contributed by atoms with E-state index in [1.807, 2.05) is 29.2 Å². The Labute approximate surface area is 173 Å². The van der Waals surface area contributed by atoms with Crippen LogP contribution in [0.25, 0.3) is 0 Å². The van der Waals surface area contributed by atoms with Gasteiger partial charge in [-0.25, -0.2) is 0 Å². The fraction of sp³-hybridized carbons (Fsp3) is 0.458. The van der Waals surface area contributed by atoms with Crippen LogP contribution in [-0.2, 0) is 22.7 Å². The molecular formula is C24H30N2O3. The third kappa shape index (κ3) is 5.58. The highest BCUT2D eigenvalue weighted by atomic mass is 16.5. The predicted octanol–water partition coefficient (Wildman–Crippen LogP) is 3.34. The van der Waals surface area contributed by atoms with Crippen molar-refractivity contribution in [1.29, 1.82) is 0 Å². The van der Waals surface area contributed by atoms with Crippen molar-refractivity contribution in [2.45, 2.75) is 26.0 Å². The van der Waals surface area contributed by atoms with Crippen molar-refractivity contribution in [2.75, 3.05) is 39.4 Å². The van der Waals surface area contributed by atoms with Gasteiger partial charge in [0, 0.05) is 25.6 Å². The molecule has 2 aromatic rings. The van der Waals surface area contributed by atoms with Gasteiger partial charge in [0.15, 0.2) is 0 Å². The first kappa shape index (κ1) is 19.9. The zero-order valence-electron chi connectivity index (χ0n) is 17.0. The molecule has 1 amide bonds. The van der Waals surface area contributed by atoms with Crippen molar-refractivity contribution in [2.24, 2.45) is 5.92 Å². The summed E-state index contributed by atoms with van der Waals surface area (Å²) in [5, 5.41) is 0. The van der Waals surface area contributed by atoms with E-state index in [-0.39, 0.29) is 5.92 Å². The van der Waals surface area contributed by atoms with Gasteiger partial charge >= 0.3 is 0 Å². The van der Waals surface area contributed by atoms with E-state index in [2.05, 4.69) is 35.2 Å². The van der Waals surface area contributed by atoms with Crippen LogP contribution in [0.3, 0.4) is 0 Å². The maximum Gasteiger partial charge on any atom is 0.225 e. The van der Waals surface area contributed by atoms with Gasteiger partial charge in [-0.15, -0.1) is 0 Å². The number of piperidine rings is 1. The molecular weight excluding hydrogens is 364 g/mol. The Hall–Kier alpha value is -2.37. The maximum absolute atomic E-state index is 12.7. The molecule has 0 spiro atoms. The van der Waals surface area contributed by atoms with Crippen LogP contribution in [0.5, 0.6) is 5.75 Å². The summed E-state index contributed by atoms with van der Waals surface area (Å²) in [4.78, 5) is 17.1. The van der Waals surface area contributed by atoms with Crippen LogP contribution in [0.4, 0.5) is 0 Å². The first-order chi connectivity index (χ1) is 14.3. The van der Waals surface area contributed by atoms with Crippen LogP contribution in [-0.4, -0.2) is 55.1 Å². The largest absolute Gasteiger partial charge is 0.489 e. The molecule has 154 valence electrons. The Kier molecular flexibility index (Phi) is 6.80. The van der Waals surface area contributed by atoms with E-state index in [1.54, 1.807) is 0 Å². The van der Waals surface area contributed by atoms with E-state index in [0.717, 1.165) is 51.3 Å². The highest BCUT2D eigenvalue weighted by Gasteiger charge is 2.29. The zero-order valence-corrected chi connectivity index (χ0v) is 17.0. The number of benzene rings is 2. The molecule has 2 heterocycles. The first-order valence-electron chi connectivity index (χ1n) is 10.6. The van der Waals surface area contributed by atoms with Crippen LogP contribution in [0.15, 0.2) is 54.6 Å². The summed E-state index contributed by atoms with van der Waals surface area (Å²) in [6, 6.07) is 18.6. The SMILES string of the molecule is O=C(C1CCN(Cc2cccc(OCc3ccccc3)c2)CC1)N1CCOCC1. The Bertz CT molecular complexity index is 782. The Morgan fingerprint density at radius 1 is 0.931 bits per heavy atom. The van der Waals surface area contributed by atoms with E-state index in [1.165, 1.54) is 11.1 Å². The minimum absolute atomic E-state index is 0.171. The third-order valence-corrected chi connectivity index (χ3v) is 5.81. The quantitative estimate of drug-likeness (QED) is 0.754. The second-order valence-electron chi connectivity index (χ2n) is 7.91. The summed E-state index contributed by atoms with van der Waals surface area (Å²) in [6.07, 6.45) is 1.89. The summed E-state index contributed by atoms with van der Waals surface area (Å²) in [7, 11) is 0. The molecule has 0 bridgehead atoms. The van der Waals surface area contributed by atoms with Gasteiger partial charge < -0.3 is 14.4 Å². The number of likely N-dealkylation sites (tertiary alicyclic amines) is 1. The zero-order chi connectivity index (χ0) is 19.9. The molecule has 0 unspecified atom stereocenters. The van der Waals surface area contributed by atoms with Crippen LogP contribution >= 0.6 is 0 Å². The van der Waals surface area contributed by atoms with Crippen LogP contribution in [0.1, 0.15) is 24.0 Å². The summed E-state index contributed by atoms with van der Waals surface area (Å²) in [5.74, 6) is 1.40. The van der Waals surface area contributed by atoms with Gasteiger partial charge in [0.05, 0.1) is 13.2 Å². The molecule has 0 aliphatic carbocycles. The Morgan fingerprint density at radius 3 is 2.41 bits per heavy atom. The van der Waals surface area contributed by atoms with Crippen molar-refractivity contribution in [3.63, 3.8) is 0 Å². The van der Waals surface area contributed by atoms with Crippen molar-refractivity contribution in [3.05, 3.63) is 65.7 Å². The fourth-order valence-electron chi connectivity index (χ4n) is 4.11. The number of amides is 1. The Balaban J connectivity index is 1.25. The van der Waals surface area contributed by atoms with E-state index in [9.17, 15) is 4.79 Å². The molecule has 5 heteroatoms. The molecule has 2 saturated heterocycles. The number of ether oxygens (including phenoxy) is 2. The summed E-state index contributed by atoms with van der Waals surface area (Å²) < 4.78 is 11.3. The molecule has 29 heavy (non-hydrogen) atoms. The standard InChI is InChI=1S/C24H30N2O3/c27-24(26-13-15-28-16-14-26)22-9-11-25(12-10-22)18-21-7-4-8-23(17-21)29-19-20-5-2-1-3-6-20/h1-8,17,22H,9-16,18-19H2. The Morgan fingerprint density at radius 2 is 1.66 bits per heavy atom. The smallest absolute Gasteiger partial charge is 0.225 e. The van der Waals surface area contributed by atoms with Crippen LogP contribution in [0.2, 0.25) is 0 Å². The monoisotopic (exact) mass is 394 g/mol. The van der Waals surface area contributed by atoms with E-state index in [0.29, 0.717) is 25.7 Å². The molecule has 0 radical (unpaired) electrons. The summed E-state index contributed by atoms with van der Waals surface area (Å²) in [5.41, 5.74) is 2.43. The average Bonchev–Trinajstić information content (AvgIpc) is 2.79. The number of nitrogens with zero attached hydrogens (tertiary/aromatic N) is 2. The van der Waals surface area contributed by atoms with Crippen molar-refractivity contribution in [3.8, 4) is 5.75 Å². The number of morpholine rings is 1.